The average Bonchev–Trinajstić information content (AvgIpc) is 3.01. The van der Waals surface area contributed by atoms with Crippen molar-refractivity contribution in [3.8, 4) is 23.1 Å². The molecule has 1 heterocycles. The van der Waals surface area contributed by atoms with Crippen molar-refractivity contribution >= 4 is 26.6 Å². The van der Waals surface area contributed by atoms with E-state index in [1.54, 1.807) is 33.1 Å². The van der Waals surface area contributed by atoms with Gasteiger partial charge in [0.15, 0.2) is 0 Å². The number of anilines is 1. The second kappa shape index (κ2) is 8.18. The van der Waals surface area contributed by atoms with Crippen LogP contribution in [0.15, 0.2) is 42.5 Å². The maximum atomic E-state index is 12.1. The van der Waals surface area contributed by atoms with E-state index in [1.807, 2.05) is 30.3 Å². The zero-order valence-corrected chi connectivity index (χ0v) is 17.9. The Balaban J connectivity index is 2.14. The summed E-state index contributed by atoms with van der Waals surface area (Å²) in [6.07, 6.45) is 0.917. The fourth-order valence-electron chi connectivity index (χ4n) is 3.31. The van der Waals surface area contributed by atoms with E-state index in [1.165, 1.54) is 0 Å². The topological polar surface area (TPSA) is 84.1 Å². The van der Waals surface area contributed by atoms with Crippen LogP contribution in [0.2, 0.25) is 0 Å². The molecule has 0 atom stereocenters. The third kappa shape index (κ3) is 3.94. The molecule has 0 spiro atoms. The second-order valence-electron chi connectivity index (χ2n) is 7.14. The Hall–Kier alpha value is -2.98. The van der Waals surface area contributed by atoms with Crippen LogP contribution in [0, 0.1) is 11.3 Å². The molecule has 29 heavy (non-hydrogen) atoms. The highest BCUT2D eigenvalue weighted by molar-refractivity contribution is 7.93. The Morgan fingerprint density at radius 1 is 1.17 bits per heavy atom. The molecule has 0 saturated heterocycles. The molecule has 3 aromatic rings. The Kier molecular flexibility index (Phi) is 5.85. The van der Waals surface area contributed by atoms with Crippen molar-refractivity contribution in [1.29, 1.82) is 5.26 Å². The van der Waals surface area contributed by atoms with Gasteiger partial charge in [0.2, 0.25) is 10.0 Å². The number of rotatable bonds is 7. The molecule has 0 unspecified atom stereocenters. The maximum Gasteiger partial charge on any atom is 0.235 e. The summed E-state index contributed by atoms with van der Waals surface area (Å²) in [4.78, 5) is 0. The summed E-state index contributed by atoms with van der Waals surface area (Å²) in [5.41, 5.74) is 3.75. The highest BCUT2D eigenvalue weighted by Crippen LogP contribution is 2.36. The van der Waals surface area contributed by atoms with Crippen LogP contribution in [0.1, 0.15) is 32.8 Å². The molecule has 0 aliphatic carbocycles. The van der Waals surface area contributed by atoms with E-state index < -0.39 is 15.3 Å². The summed E-state index contributed by atoms with van der Waals surface area (Å²) in [6.45, 7) is 6.12. The average molecular weight is 412 g/mol. The van der Waals surface area contributed by atoms with Crippen molar-refractivity contribution in [2.75, 3.05) is 11.8 Å². The monoisotopic (exact) mass is 411 g/mol. The number of nitrogens with zero attached hydrogens (tertiary/aromatic N) is 2. The normalized spacial score (nSPS) is 11.6. The molecule has 0 fully saturated rings. The zero-order valence-electron chi connectivity index (χ0n) is 17.1. The van der Waals surface area contributed by atoms with Gasteiger partial charge in [-0.1, -0.05) is 19.1 Å². The van der Waals surface area contributed by atoms with E-state index in [0.29, 0.717) is 17.0 Å². The molecular weight excluding hydrogens is 386 g/mol. The molecule has 7 heteroatoms. The van der Waals surface area contributed by atoms with Crippen LogP contribution >= 0.6 is 0 Å². The number of aryl methyl sites for hydroxylation is 1. The highest BCUT2D eigenvalue weighted by Gasteiger charge is 2.20. The van der Waals surface area contributed by atoms with Crippen molar-refractivity contribution < 1.29 is 13.2 Å². The van der Waals surface area contributed by atoms with Gasteiger partial charge < -0.3 is 9.30 Å². The van der Waals surface area contributed by atoms with E-state index in [0.717, 1.165) is 35.1 Å². The molecule has 1 N–H and O–H groups in total. The van der Waals surface area contributed by atoms with E-state index in [2.05, 4.69) is 22.3 Å². The third-order valence-corrected chi connectivity index (χ3v) is 6.63. The number of hydrogen-bond acceptors (Lipinski definition) is 4. The molecule has 0 amide bonds. The van der Waals surface area contributed by atoms with Crippen LogP contribution in [0.3, 0.4) is 0 Å². The third-order valence-electron chi connectivity index (χ3n) is 4.87. The standard InChI is InChI=1S/C22H25N3O3S/c1-5-12-25-21-11-10-18(28-4)13-19(21)20(14-23)22(25)16-6-8-17(9-7-16)24-29(26,27)15(2)3/h6-11,13,15,24H,5,12H2,1-4H3. The van der Waals surface area contributed by atoms with E-state index >= 15 is 0 Å². The minimum absolute atomic E-state index is 0.501. The molecule has 0 bridgehead atoms. The van der Waals surface area contributed by atoms with E-state index in [4.69, 9.17) is 4.74 Å². The van der Waals surface area contributed by atoms with Crippen molar-refractivity contribution in [2.24, 2.45) is 0 Å². The molecule has 1 aromatic heterocycles. The first-order chi connectivity index (χ1) is 13.8. The lowest BCUT2D eigenvalue weighted by molar-refractivity contribution is 0.415. The van der Waals surface area contributed by atoms with Gasteiger partial charge >= 0.3 is 0 Å². The first-order valence-corrected chi connectivity index (χ1v) is 11.1. The van der Waals surface area contributed by atoms with Crippen molar-refractivity contribution in [3.63, 3.8) is 0 Å². The zero-order chi connectivity index (χ0) is 21.2. The lowest BCUT2D eigenvalue weighted by Gasteiger charge is -2.13. The summed E-state index contributed by atoms with van der Waals surface area (Å²) >= 11 is 0. The number of sulfonamides is 1. The molecule has 152 valence electrons. The Morgan fingerprint density at radius 2 is 1.86 bits per heavy atom. The van der Waals surface area contributed by atoms with Crippen molar-refractivity contribution in [1.82, 2.24) is 4.57 Å². The summed E-state index contributed by atoms with van der Waals surface area (Å²) < 4.78 is 34.3. The molecule has 6 nitrogen and oxygen atoms in total. The Bertz CT molecular complexity index is 1170. The molecule has 0 aliphatic heterocycles. The van der Waals surface area contributed by atoms with Gasteiger partial charge in [-0.2, -0.15) is 5.26 Å². The Morgan fingerprint density at radius 3 is 2.41 bits per heavy atom. The van der Waals surface area contributed by atoms with Crippen LogP contribution < -0.4 is 9.46 Å². The molecule has 3 rings (SSSR count). The van der Waals surface area contributed by atoms with Gasteiger partial charge in [-0.3, -0.25) is 4.72 Å². The predicted molar refractivity (Wildman–Crippen MR) is 117 cm³/mol. The first-order valence-electron chi connectivity index (χ1n) is 9.54. The SMILES string of the molecule is CCCn1c(-c2ccc(NS(=O)(=O)C(C)C)cc2)c(C#N)c2cc(OC)ccc21. The summed E-state index contributed by atoms with van der Waals surface area (Å²) in [5, 5.41) is 10.2. The van der Waals surface area contributed by atoms with Gasteiger partial charge in [-0.15, -0.1) is 0 Å². The number of nitrogens with one attached hydrogen (secondary N) is 1. The lowest BCUT2D eigenvalue weighted by atomic mass is 10.1. The first kappa shape index (κ1) is 20.7. The number of ether oxygens (including phenoxy) is 1. The van der Waals surface area contributed by atoms with Gasteiger partial charge in [-0.25, -0.2) is 8.42 Å². The minimum atomic E-state index is -3.41. The van der Waals surface area contributed by atoms with Crippen LogP contribution in [-0.2, 0) is 16.6 Å². The van der Waals surface area contributed by atoms with Crippen LogP contribution in [0.25, 0.3) is 22.2 Å². The molecule has 2 aromatic carbocycles. The summed E-state index contributed by atoms with van der Waals surface area (Å²) in [5.74, 6) is 0.702. The van der Waals surface area contributed by atoms with E-state index in [-0.39, 0.29) is 0 Å². The largest absolute Gasteiger partial charge is 0.497 e. The predicted octanol–water partition coefficient (Wildman–Crippen LogP) is 4.75. The second-order valence-corrected chi connectivity index (χ2v) is 9.38. The van der Waals surface area contributed by atoms with E-state index in [9.17, 15) is 13.7 Å². The Labute approximate surface area is 171 Å². The van der Waals surface area contributed by atoms with Gasteiger partial charge in [-0.05, 0) is 56.2 Å². The minimum Gasteiger partial charge on any atom is -0.497 e. The van der Waals surface area contributed by atoms with Gasteiger partial charge in [0.1, 0.15) is 11.8 Å². The number of benzene rings is 2. The fraction of sp³-hybridized carbons (Fsp3) is 0.318. The molecule has 0 saturated carbocycles. The highest BCUT2D eigenvalue weighted by atomic mass is 32.2. The van der Waals surface area contributed by atoms with Gasteiger partial charge in [0, 0.05) is 17.6 Å². The quantitative estimate of drug-likeness (QED) is 0.608. The number of fused-ring (bicyclic) bond motifs is 1. The number of aromatic nitrogens is 1. The van der Waals surface area contributed by atoms with Crippen LogP contribution in [0.4, 0.5) is 5.69 Å². The van der Waals surface area contributed by atoms with Crippen LogP contribution in [0.5, 0.6) is 5.75 Å². The van der Waals surface area contributed by atoms with Crippen molar-refractivity contribution in [3.05, 3.63) is 48.0 Å². The summed E-state index contributed by atoms with van der Waals surface area (Å²) in [6, 6.07) is 15.2. The lowest BCUT2D eigenvalue weighted by Crippen LogP contribution is -2.22. The number of methoxy groups -OCH3 is 1. The fourth-order valence-corrected chi connectivity index (χ4v) is 4.01. The molecule has 0 radical (unpaired) electrons. The number of nitriles is 1. The molecular formula is C22H25N3O3S. The smallest absolute Gasteiger partial charge is 0.235 e. The van der Waals surface area contributed by atoms with Crippen LogP contribution in [-0.4, -0.2) is 25.3 Å². The van der Waals surface area contributed by atoms with Crippen molar-refractivity contribution in [2.45, 2.75) is 39.0 Å². The molecule has 0 aliphatic rings. The van der Waals surface area contributed by atoms with Gasteiger partial charge in [0.25, 0.3) is 0 Å². The maximum absolute atomic E-state index is 12.1. The summed E-state index contributed by atoms with van der Waals surface area (Å²) in [7, 11) is -1.80. The number of hydrogen-bond donors (Lipinski definition) is 1. The van der Waals surface area contributed by atoms with Gasteiger partial charge in [0.05, 0.1) is 29.1 Å².